The minimum absolute atomic E-state index is 0.0191. The van der Waals surface area contributed by atoms with E-state index in [1.54, 1.807) is 11.8 Å². The van der Waals surface area contributed by atoms with E-state index in [9.17, 15) is 0 Å². The van der Waals surface area contributed by atoms with Crippen LogP contribution in [0.15, 0.2) is 82.2 Å². The van der Waals surface area contributed by atoms with Crippen molar-refractivity contribution in [2.24, 2.45) is 5.41 Å². The zero-order valence-electron chi connectivity index (χ0n) is 14.6. The van der Waals surface area contributed by atoms with Gasteiger partial charge in [0.1, 0.15) is 0 Å². The summed E-state index contributed by atoms with van der Waals surface area (Å²) in [7, 11) is 2.87. The molecule has 2 rings (SSSR count). The van der Waals surface area contributed by atoms with Crippen LogP contribution in [0, 0.1) is 5.41 Å². The van der Waals surface area contributed by atoms with Crippen molar-refractivity contribution >= 4 is 21.0 Å². The van der Waals surface area contributed by atoms with Crippen molar-refractivity contribution in [3.63, 3.8) is 0 Å². The van der Waals surface area contributed by atoms with Gasteiger partial charge in [-0.1, -0.05) is 86.9 Å². The van der Waals surface area contributed by atoms with E-state index in [0.717, 1.165) is 11.3 Å². The van der Waals surface area contributed by atoms with E-state index in [1.165, 1.54) is 16.1 Å². The van der Waals surface area contributed by atoms with Crippen LogP contribution in [-0.4, -0.2) is 5.16 Å². The van der Waals surface area contributed by atoms with Gasteiger partial charge in [-0.15, -0.1) is 9.24 Å². The first kappa shape index (κ1) is 18.3. The van der Waals surface area contributed by atoms with Crippen LogP contribution < -0.4 is 0 Å². The number of hydrogen-bond acceptors (Lipinski definition) is 1. The van der Waals surface area contributed by atoms with Gasteiger partial charge in [-0.05, 0) is 36.8 Å². The van der Waals surface area contributed by atoms with Crippen molar-refractivity contribution in [2.75, 3.05) is 0 Å². The van der Waals surface area contributed by atoms with Gasteiger partial charge in [-0.2, -0.15) is 0 Å². The molecule has 0 N–H and O–H groups in total. The molecular weight excluding hydrogens is 315 g/mol. The predicted molar refractivity (Wildman–Crippen MR) is 111 cm³/mol. The number of thioether (sulfide) groups is 1. The lowest BCUT2D eigenvalue weighted by Crippen LogP contribution is -2.06. The van der Waals surface area contributed by atoms with E-state index in [0.29, 0.717) is 0 Å². The Balaban J connectivity index is 2.21. The highest BCUT2D eigenvalue weighted by Gasteiger charge is 2.16. The fraction of sp³-hybridized carbons (Fsp3) is 0.333. The van der Waals surface area contributed by atoms with Gasteiger partial charge in [0.2, 0.25) is 0 Å². The maximum absolute atomic E-state index is 4.30. The fourth-order valence-electron chi connectivity index (χ4n) is 2.35. The topological polar surface area (TPSA) is 0 Å². The molecule has 2 aliphatic carbocycles. The van der Waals surface area contributed by atoms with Crippen LogP contribution in [0.4, 0.5) is 0 Å². The molecule has 0 radical (unpaired) electrons. The molecule has 2 unspecified atom stereocenters. The van der Waals surface area contributed by atoms with E-state index in [-0.39, 0.29) is 10.6 Å². The van der Waals surface area contributed by atoms with Crippen LogP contribution in [0.3, 0.4) is 0 Å². The average Bonchev–Trinajstić information content (AvgIpc) is 2.62. The molecule has 2 aliphatic rings. The molecule has 0 fully saturated rings. The Morgan fingerprint density at radius 1 is 1.13 bits per heavy atom. The first-order valence-corrected chi connectivity index (χ1v) is 9.39. The lowest BCUT2D eigenvalue weighted by atomic mass is 9.87. The summed E-state index contributed by atoms with van der Waals surface area (Å²) < 4.78 is 0. The lowest BCUT2D eigenvalue weighted by molar-refractivity contribution is 0.488. The molecule has 2 heteroatoms. The third-order valence-corrected chi connectivity index (χ3v) is 5.54. The molecule has 0 aromatic carbocycles. The molecule has 0 spiro atoms. The van der Waals surface area contributed by atoms with Gasteiger partial charge in [0, 0.05) is 15.0 Å². The van der Waals surface area contributed by atoms with Gasteiger partial charge in [0.25, 0.3) is 0 Å². The zero-order chi connectivity index (χ0) is 17.1. The maximum atomic E-state index is 4.30. The van der Waals surface area contributed by atoms with Crippen LogP contribution in [0.2, 0.25) is 0 Å². The van der Waals surface area contributed by atoms with E-state index in [1.807, 2.05) is 0 Å². The van der Waals surface area contributed by atoms with Gasteiger partial charge >= 0.3 is 0 Å². The van der Waals surface area contributed by atoms with Gasteiger partial charge in [-0.25, -0.2) is 0 Å². The van der Waals surface area contributed by atoms with Crippen molar-refractivity contribution in [2.45, 2.75) is 39.3 Å². The molecule has 122 valence electrons. The Hall–Kier alpha value is -1.04. The molecule has 0 bridgehead atoms. The number of rotatable bonds is 3. The summed E-state index contributed by atoms with van der Waals surface area (Å²) >= 11 is 1.75. The fourth-order valence-corrected chi connectivity index (χ4v) is 3.45. The first-order valence-electron chi connectivity index (χ1n) is 8.00. The monoisotopic (exact) mass is 342 g/mol. The average molecular weight is 342 g/mol. The molecule has 0 aliphatic heterocycles. The zero-order valence-corrected chi connectivity index (χ0v) is 16.6. The van der Waals surface area contributed by atoms with Crippen LogP contribution in [0.5, 0.6) is 0 Å². The molecule has 0 aromatic heterocycles. The van der Waals surface area contributed by atoms with Gasteiger partial charge in [-0.3, -0.25) is 0 Å². The standard InChI is InChI=1S/C21H27PS/c1-16-8-6-12-20(3,4)14-11-19(16)23-17(2)18-9-7-13-21(5,22)15-10-18/h6-11,13-15H,2,12,22H2,1,3-5H3/b8-6?,14-11-,19-16+. The predicted octanol–water partition coefficient (Wildman–Crippen LogP) is 6.74. The SMILES string of the molecule is C=C(SC1=C(\C)C=CCC(C)(C)/C=C\1)C1=CC=CC(C)(P)C=C1. The molecule has 0 amide bonds. The second-order valence-corrected chi connectivity index (χ2v) is 9.56. The summed E-state index contributed by atoms with van der Waals surface area (Å²) in [6.45, 7) is 13.2. The summed E-state index contributed by atoms with van der Waals surface area (Å²) in [4.78, 5) is 2.36. The van der Waals surface area contributed by atoms with Crippen LogP contribution >= 0.6 is 21.0 Å². The molecule has 0 saturated carbocycles. The van der Waals surface area contributed by atoms with Crippen molar-refractivity contribution in [3.05, 3.63) is 82.2 Å². The van der Waals surface area contributed by atoms with E-state index in [2.05, 4.69) is 98.2 Å². The van der Waals surface area contributed by atoms with Crippen molar-refractivity contribution in [1.29, 1.82) is 0 Å². The lowest BCUT2D eigenvalue weighted by Gasteiger charge is -2.20. The molecule has 0 saturated heterocycles. The maximum Gasteiger partial charge on any atom is 0.0183 e. The Morgan fingerprint density at radius 2 is 1.87 bits per heavy atom. The largest absolute Gasteiger partial charge is 0.123 e. The quantitative estimate of drug-likeness (QED) is 0.512. The molecule has 0 nitrogen and oxygen atoms in total. The van der Waals surface area contributed by atoms with Gasteiger partial charge in [0.05, 0.1) is 0 Å². The third kappa shape index (κ3) is 5.52. The van der Waals surface area contributed by atoms with Crippen LogP contribution in [0.1, 0.15) is 34.1 Å². The summed E-state index contributed by atoms with van der Waals surface area (Å²) in [6, 6.07) is 0. The number of hydrogen-bond donors (Lipinski definition) is 0. The third-order valence-electron chi connectivity index (χ3n) is 3.99. The Kier molecular flexibility index (Phi) is 5.76. The van der Waals surface area contributed by atoms with Crippen molar-refractivity contribution < 1.29 is 0 Å². The second kappa shape index (κ2) is 7.24. The van der Waals surface area contributed by atoms with E-state index in [4.69, 9.17) is 0 Å². The Morgan fingerprint density at radius 3 is 2.61 bits per heavy atom. The summed E-state index contributed by atoms with van der Waals surface area (Å²) in [5.74, 6) is 0. The Bertz CT molecular complexity index is 664. The van der Waals surface area contributed by atoms with Crippen LogP contribution in [-0.2, 0) is 0 Å². The van der Waals surface area contributed by atoms with Crippen molar-refractivity contribution in [1.82, 2.24) is 0 Å². The van der Waals surface area contributed by atoms with Gasteiger partial charge in [0.15, 0.2) is 0 Å². The molecule has 23 heavy (non-hydrogen) atoms. The van der Waals surface area contributed by atoms with E-state index < -0.39 is 0 Å². The normalized spacial score (nSPS) is 31.1. The molecule has 2 atom stereocenters. The number of allylic oxidation sites excluding steroid dienone is 11. The molecular formula is C21H27PS. The molecule has 0 aromatic rings. The highest BCUT2D eigenvalue weighted by atomic mass is 32.2. The van der Waals surface area contributed by atoms with E-state index >= 15 is 0 Å². The highest BCUT2D eigenvalue weighted by molar-refractivity contribution is 8.07. The minimum atomic E-state index is 0.0191. The Labute approximate surface area is 148 Å². The van der Waals surface area contributed by atoms with Crippen LogP contribution in [0.25, 0.3) is 0 Å². The summed E-state index contributed by atoms with van der Waals surface area (Å²) in [5, 5.41) is 0.0191. The van der Waals surface area contributed by atoms with Gasteiger partial charge < -0.3 is 0 Å². The molecule has 0 heterocycles. The summed E-state index contributed by atoms with van der Waals surface area (Å²) in [5.41, 5.74) is 2.68. The van der Waals surface area contributed by atoms with Crippen molar-refractivity contribution in [3.8, 4) is 0 Å². The second-order valence-electron chi connectivity index (χ2n) is 7.18. The smallest absolute Gasteiger partial charge is 0.0183 e. The highest BCUT2D eigenvalue weighted by Crippen LogP contribution is 2.37. The minimum Gasteiger partial charge on any atom is -0.123 e. The summed E-state index contributed by atoms with van der Waals surface area (Å²) in [6.07, 6.45) is 21.0. The first-order chi connectivity index (χ1) is 10.7.